The molecule has 1 saturated heterocycles. The smallest absolute Gasteiger partial charge is 0.227 e. The molecular formula is C22H26ClFN2O3S. The lowest BCUT2D eigenvalue weighted by atomic mass is 9.96. The quantitative estimate of drug-likeness (QED) is 0.700. The van der Waals surface area contributed by atoms with Gasteiger partial charge in [0.2, 0.25) is 15.9 Å². The van der Waals surface area contributed by atoms with Crippen molar-refractivity contribution in [3.05, 3.63) is 63.9 Å². The van der Waals surface area contributed by atoms with Gasteiger partial charge in [-0.3, -0.25) is 4.79 Å². The van der Waals surface area contributed by atoms with Crippen molar-refractivity contribution in [3.8, 4) is 0 Å². The summed E-state index contributed by atoms with van der Waals surface area (Å²) in [4.78, 5) is 12.8. The molecule has 162 valence electrons. The molecule has 3 rings (SSSR count). The number of nitrogens with one attached hydrogen (secondary N) is 1. The van der Waals surface area contributed by atoms with E-state index in [2.05, 4.69) is 5.32 Å². The molecule has 1 aliphatic heterocycles. The van der Waals surface area contributed by atoms with E-state index in [-0.39, 0.29) is 35.5 Å². The second-order valence-corrected chi connectivity index (χ2v) is 9.96. The SMILES string of the molecule is CCc1cccc(C)c1NC(=O)C1CCN(S(=O)(=O)Cc2c(F)cccc2Cl)CC1. The van der Waals surface area contributed by atoms with E-state index < -0.39 is 21.6 Å². The van der Waals surface area contributed by atoms with Crippen molar-refractivity contribution in [1.29, 1.82) is 0 Å². The fourth-order valence-corrected chi connectivity index (χ4v) is 5.68. The number of anilines is 1. The van der Waals surface area contributed by atoms with E-state index in [1.807, 2.05) is 32.0 Å². The summed E-state index contributed by atoms with van der Waals surface area (Å²) in [6.45, 7) is 4.44. The minimum atomic E-state index is -3.73. The minimum absolute atomic E-state index is 0.0225. The molecule has 0 radical (unpaired) electrons. The summed E-state index contributed by atoms with van der Waals surface area (Å²) in [6, 6.07) is 10.0. The number of rotatable bonds is 6. The van der Waals surface area contributed by atoms with E-state index in [9.17, 15) is 17.6 Å². The summed E-state index contributed by atoms with van der Waals surface area (Å²) in [5.74, 6) is -1.48. The highest BCUT2D eigenvalue weighted by atomic mass is 35.5. The summed E-state index contributed by atoms with van der Waals surface area (Å²) < 4.78 is 40.8. The van der Waals surface area contributed by atoms with Gasteiger partial charge in [-0.1, -0.05) is 42.8 Å². The number of para-hydroxylation sites is 1. The molecule has 1 heterocycles. The standard InChI is InChI=1S/C22H26ClFN2O3S/c1-3-16-7-4-6-15(2)21(16)25-22(27)17-10-12-26(13-11-17)30(28,29)14-18-19(23)8-5-9-20(18)24/h4-9,17H,3,10-14H2,1-2H3,(H,25,27). The molecule has 1 fully saturated rings. The third-order valence-corrected chi connectivity index (χ3v) is 7.75. The van der Waals surface area contributed by atoms with Crippen molar-refractivity contribution in [2.75, 3.05) is 18.4 Å². The molecule has 0 saturated carbocycles. The zero-order chi connectivity index (χ0) is 21.9. The van der Waals surface area contributed by atoms with Crippen LogP contribution in [0.2, 0.25) is 5.02 Å². The minimum Gasteiger partial charge on any atom is -0.325 e. The van der Waals surface area contributed by atoms with Gasteiger partial charge in [0.05, 0.1) is 5.75 Å². The number of piperidine rings is 1. The van der Waals surface area contributed by atoms with Gasteiger partial charge in [-0.25, -0.2) is 17.1 Å². The third kappa shape index (κ3) is 5.02. The number of sulfonamides is 1. The number of carbonyl (C=O) groups is 1. The zero-order valence-corrected chi connectivity index (χ0v) is 18.7. The molecule has 1 amide bonds. The van der Waals surface area contributed by atoms with Crippen LogP contribution in [-0.2, 0) is 27.0 Å². The highest BCUT2D eigenvalue weighted by Gasteiger charge is 2.32. The molecule has 0 atom stereocenters. The Morgan fingerprint density at radius 1 is 1.20 bits per heavy atom. The van der Waals surface area contributed by atoms with Crippen LogP contribution in [0.15, 0.2) is 36.4 Å². The van der Waals surface area contributed by atoms with Crippen LogP contribution in [0.4, 0.5) is 10.1 Å². The van der Waals surface area contributed by atoms with Crippen molar-refractivity contribution < 1.29 is 17.6 Å². The molecule has 0 spiro atoms. The third-order valence-electron chi connectivity index (χ3n) is 5.59. The van der Waals surface area contributed by atoms with Crippen molar-refractivity contribution in [3.63, 3.8) is 0 Å². The lowest BCUT2D eigenvalue weighted by molar-refractivity contribution is -0.120. The van der Waals surface area contributed by atoms with E-state index in [1.54, 1.807) is 0 Å². The Labute approximate surface area is 182 Å². The van der Waals surface area contributed by atoms with Crippen molar-refractivity contribution in [2.24, 2.45) is 5.92 Å². The van der Waals surface area contributed by atoms with Crippen LogP contribution in [0.25, 0.3) is 0 Å². The topological polar surface area (TPSA) is 66.5 Å². The first-order chi connectivity index (χ1) is 14.2. The fraction of sp³-hybridized carbons (Fsp3) is 0.409. The van der Waals surface area contributed by atoms with E-state index in [0.29, 0.717) is 12.8 Å². The molecular weight excluding hydrogens is 427 g/mol. The van der Waals surface area contributed by atoms with Gasteiger partial charge in [0.15, 0.2) is 0 Å². The van der Waals surface area contributed by atoms with Crippen LogP contribution in [-0.4, -0.2) is 31.7 Å². The molecule has 5 nitrogen and oxygen atoms in total. The van der Waals surface area contributed by atoms with Crippen LogP contribution >= 0.6 is 11.6 Å². The fourth-order valence-electron chi connectivity index (χ4n) is 3.77. The number of carbonyl (C=O) groups excluding carboxylic acids is 1. The van der Waals surface area contributed by atoms with Crippen LogP contribution in [0.1, 0.15) is 36.5 Å². The molecule has 1 aliphatic rings. The maximum Gasteiger partial charge on any atom is 0.227 e. The van der Waals surface area contributed by atoms with E-state index in [1.165, 1.54) is 22.5 Å². The summed E-state index contributed by atoms with van der Waals surface area (Å²) in [5.41, 5.74) is 2.90. The molecule has 2 aromatic carbocycles. The monoisotopic (exact) mass is 452 g/mol. The summed E-state index contributed by atoms with van der Waals surface area (Å²) in [5, 5.41) is 3.13. The van der Waals surface area contributed by atoms with Crippen LogP contribution in [0.5, 0.6) is 0 Å². The Kier molecular flexibility index (Phi) is 7.16. The number of benzene rings is 2. The largest absolute Gasteiger partial charge is 0.325 e. The van der Waals surface area contributed by atoms with Gasteiger partial charge in [0.1, 0.15) is 5.82 Å². The Balaban J connectivity index is 1.64. The highest BCUT2D eigenvalue weighted by Crippen LogP contribution is 2.28. The average Bonchev–Trinajstić information content (AvgIpc) is 2.72. The normalized spacial score (nSPS) is 15.9. The molecule has 2 aromatic rings. The first kappa shape index (κ1) is 22.7. The number of amides is 1. The van der Waals surface area contributed by atoms with E-state index in [0.717, 1.165) is 23.2 Å². The van der Waals surface area contributed by atoms with Gasteiger partial charge >= 0.3 is 0 Å². The summed E-state index contributed by atoms with van der Waals surface area (Å²) >= 11 is 5.98. The summed E-state index contributed by atoms with van der Waals surface area (Å²) in [6.07, 6.45) is 1.65. The number of halogens is 2. The van der Waals surface area contributed by atoms with Crippen LogP contribution in [0.3, 0.4) is 0 Å². The maximum absolute atomic E-state index is 14.0. The molecule has 8 heteroatoms. The van der Waals surface area contributed by atoms with Gasteiger partial charge < -0.3 is 5.32 Å². The Bertz CT molecular complexity index is 1010. The van der Waals surface area contributed by atoms with Crippen LogP contribution < -0.4 is 5.32 Å². The lowest BCUT2D eigenvalue weighted by Crippen LogP contribution is -2.42. The number of hydrogen-bond donors (Lipinski definition) is 1. The molecule has 0 aliphatic carbocycles. The molecule has 0 unspecified atom stereocenters. The average molecular weight is 453 g/mol. The van der Waals surface area contributed by atoms with E-state index in [4.69, 9.17) is 11.6 Å². The molecule has 0 bridgehead atoms. The van der Waals surface area contributed by atoms with Crippen molar-refractivity contribution in [1.82, 2.24) is 4.31 Å². The summed E-state index contributed by atoms with van der Waals surface area (Å²) in [7, 11) is -3.73. The number of nitrogens with zero attached hydrogens (tertiary/aromatic N) is 1. The van der Waals surface area contributed by atoms with Gasteiger partial charge in [-0.05, 0) is 49.4 Å². The van der Waals surface area contributed by atoms with Gasteiger partial charge in [0.25, 0.3) is 0 Å². The Morgan fingerprint density at radius 2 is 1.87 bits per heavy atom. The molecule has 0 aromatic heterocycles. The van der Waals surface area contributed by atoms with E-state index >= 15 is 0 Å². The van der Waals surface area contributed by atoms with Crippen molar-refractivity contribution in [2.45, 2.75) is 38.9 Å². The predicted octanol–water partition coefficient (Wildman–Crippen LogP) is 4.53. The second-order valence-electron chi connectivity index (χ2n) is 7.58. The Morgan fingerprint density at radius 3 is 2.50 bits per heavy atom. The first-order valence-corrected chi connectivity index (χ1v) is 12.0. The second kappa shape index (κ2) is 9.45. The van der Waals surface area contributed by atoms with Gasteiger partial charge in [0, 0.05) is 35.3 Å². The van der Waals surface area contributed by atoms with Gasteiger partial charge in [-0.2, -0.15) is 0 Å². The molecule has 30 heavy (non-hydrogen) atoms. The van der Waals surface area contributed by atoms with Crippen LogP contribution in [0, 0.1) is 18.7 Å². The molecule has 1 N–H and O–H groups in total. The lowest BCUT2D eigenvalue weighted by Gasteiger charge is -2.31. The zero-order valence-electron chi connectivity index (χ0n) is 17.1. The number of aryl methyl sites for hydroxylation is 2. The van der Waals surface area contributed by atoms with Crippen molar-refractivity contribution >= 4 is 33.2 Å². The highest BCUT2D eigenvalue weighted by molar-refractivity contribution is 7.88. The maximum atomic E-state index is 14.0. The first-order valence-electron chi connectivity index (χ1n) is 10.0. The predicted molar refractivity (Wildman–Crippen MR) is 118 cm³/mol. The van der Waals surface area contributed by atoms with Gasteiger partial charge in [-0.15, -0.1) is 0 Å². The Hall–Kier alpha value is -1.96. The number of hydrogen-bond acceptors (Lipinski definition) is 3.